The van der Waals surface area contributed by atoms with Crippen LogP contribution < -0.4 is 15.5 Å². The molecule has 134 valence electrons. The predicted octanol–water partition coefficient (Wildman–Crippen LogP) is 2.67. The van der Waals surface area contributed by atoms with Gasteiger partial charge in [0.05, 0.1) is 0 Å². The molecule has 0 spiro atoms. The van der Waals surface area contributed by atoms with Crippen molar-refractivity contribution in [2.45, 2.75) is 64.1 Å². The maximum absolute atomic E-state index is 4.74. The summed E-state index contributed by atoms with van der Waals surface area (Å²) in [7, 11) is 2.13. The standard InChI is InChI=1S/C18H27N7/c1-11-7-16(21-17-8-12(2)23-24-17)22-18(19-11)25(3)15-9-13-5-4-6-14(10-15)20-13/h7-8,13-15,20H,4-6,9-10H2,1-3H3,(H2,19,21,22,23,24). The number of nitrogens with one attached hydrogen (secondary N) is 3. The van der Waals surface area contributed by atoms with Crippen molar-refractivity contribution in [2.75, 3.05) is 17.3 Å². The van der Waals surface area contributed by atoms with Crippen LogP contribution in [0.25, 0.3) is 0 Å². The van der Waals surface area contributed by atoms with Crippen LogP contribution in [-0.4, -0.2) is 45.3 Å². The molecule has 2 aromatic heterocycles. The van der Waals surface area contributed by atoms with Crippen LogP contribution in [0.1, 0.15) is 43.5 Å². The second-order valence-electron chi connectivity index (χ2n) is 7.48. The summed E-state index contributed by atoms with van der Waals surface area (Å²) in [5, 5.41) is 14.2. The number of H-pyrrole nitrogens is 1. The van der Waals surface area contributed by atoms with E-state index < -0.39 is 0 Å². The van der Waals surface area contributed by atoms with Gasteiger partial charge in [0.1, 0.15) is 5.82 Å². The minimum Gasteiger partial charge on any atom is -0.341 e. The number of piperidine rings is 2. The van der Waals surface area contributed by atoms with Gasteiger partial charge in [-0.25, -0.2) is 4.98 Å². The van der Waals surface area contributed by atoms with Crippen LogP contribution in [0.2, 0.25) is 0 Å². The molecule has 2 bridgehead atoms. The molecular weight excluding hydrogens is 314 g/mol. The first-order valence-electron chi connectivity index (χ1n) is 9.20. The summed E-state index contributed by atoms with van der Waals surface area (Å²) in [4.78, 5) is 11.7. The van der Waals surface area contributed by atoms with Crippen LogP contribution in [0.4, 0.5) is 17.6 Å². The first kappa shape index (κ1) is 16.3. The largest absolute Gasteiger partial charge is 0.341 e. The average Bonchev–Trinajstić information content (AvgIpc) is 2.98. The highest BCUT2D eigenvalue weighted by Crippen LogP contribution is 2.30. The summed E-state index contributed by atoms with van der Waals surface area (Å²) >= 11 is 0. The second kappa shape index (κ2) is 6.63. The van der Waals surface area contributed by atoms with E-state index in [0.717, 1.165) is 29.0 Å². The Morgan fingerprint density at radius 3 is 2.52 bits per heavy atom. The van der Waals surface area contributed by atoms with Gasteiger partial charge >= 0.3 is 0 Å². The number of aromatic nitrogens is 4. The van der Waals surface area contributed by atoms with Crippen molar-refractivity contribution in [3.63, 3.8) is 0 Å². The number of rotatable bonds is 4. The lowest BCUT2D eigenvalue weighted by molar-refractivity contribution is 0.218. The number of aromatic amines is 1. The summed E-state index contributed by atoms with van der Waals surface area (Å²) in [5.41, 5.74) is 1.98. The van der Waals surface area contributed by atoms with E-state index in [1.165, 1.54) is 32.1 Å². The quantitative estimate of drug-likeness (QED) is 0.793. The highest BCUT2D eigenvalue weighted by atomic mass is 15.3. The summed E-state index contributed by atoms with van der Waals surface area (Å²) in [6.45, 7) is 3.99. The molecule has 0 radical (unpaired) electrons. The zero-order valence-corrected chi connectivity index (χ0v) is 15.2. The molecule has 2 aliphatic rings. The number of aryl methyl sites for hydroxylation is 2. The summed E-state index contributed by atoms with van der Waals surface area (Å²) in [5.74, 6) is 2.36. The number of anilines is 3. The van der Waals surface area contributed by atoms with Crippen molar-refractivity contribution in [1.29, 1.82) is 0 Å². The van der Waals surface area contributed by atoms with E-state index >= 15 is 0 Å². The molecule has 2 fully saturated rings. The van der Waals surface area contributed by atoms with Crippen molar-refractivity contribution in [3.05, 3.63) is 23.5 Å². The van der Waals surface area contributed by atoms with Crippen molar-refractivity contribution in [1.82, 2.24) is 25.5 Å². The van der Waals surface area contributed by atoms with Gasteiger partial charge in [0.2, 0.25) is 5.95 Å². The zero-order valence-electron chi connectivity index (χ0n) is 15.2. The lowest BCUT2D eigenvalue weighted by atomic mass is 9.83. The third-order valence-electron chi connectivity index (χ3n) is 5.36. The number of hydrogen-bond donors (Lipinski definition) is 3. The van der Waals surface area contributed by atoms with Crippen LogP contribution in [-0.2, 0) is 0 Å². The highest BCUT2D eigenvalue weighted by molar-refractivity contribution is 5.54. The second-order valence-corrected chi connectivity index (χ2v) is 7.48. The third-order valence-corrected chi connectivity index (χ3v) is 5.36. The van der Waals surface area contributed by atoms with Crippen LogP contribution in [0.15, 0.2) is 12.1 Å². The Labute approximate surface area is 148 Å². The van der Waals surface area contributed by atoms with Gasteiger partial charge in [0.25, 0.3) is 0 Å². The van der Waals surface area contributed by atoms with E-state index in [1.54, 1.807) is 0 Å². The van der Waals surface area contributed by atoms with Gasteiger partial charge in [-0.1, -0.05) is 6.42 Å². The van der Waals surface area contributed by atoms with E-state index in [-0.39, 0.29) is 0 Å². The zero-order chi connectivity index (χ0) is 17.4. The van der Waals surface area contributed by atoms with E-state index in [9.17, 15) is 0 Å². The molecule has 2 aromatic rings. The molecule has 25 heavy (non-hydrogen) atoms. The summed E-state index contributed by atoms with van der Waals surface area (Å²) in [6.07, 6.45) is 6.29. The van der Waals surface area contributed by atoms with Crippen LogP contribution in [0.3, 0.4) is 0 Å². The minimum absolute atomic E-state index is 0.499. The summed E-state index contributed by atoms with van der Waals surface area (Å²) < 4.78 is 0. The van der Waals surface area contributed by atoms with Crippen molar-refractivity contribution >= 4 is 17.6 Å². The Balaban J connectivity index is 1.53. The molecule has 0 aliphatic carbocycles. The minimum atomic E-state index is 0.499. The SMILES string of the molecule is Cc1cc(Nc2cc(C)[nH]n2)nc(N(C)C2CC3CCCC(C2)N3)n1. The fourth-order valence-corrected chi connectivity index (χ4v) is 4.10. The Morgan fingerprint density at radius 1 is 1.08 bits per heavy atom. The van der Waals surface area contributed by atoms with Gasteiger partial charge in [-0.3, -0.25) is 5.10 Å². The first-order chi connectivity index (χ1) is 12.1. The predicted molar refractivity (Wildman–Crippen MR) is 99.4 cm³/mol. The molecule has 2 unspecified atom stereocenters. The molecule has 4 heterocycles. The van der Waals surface area contributed by atoms with Gasteiger partial charge in [-0.15, -0.1) is 0 Å². The smallest absolute Gasteiger partial charge is 0.227 e. The fraction of sp³-hybridized carbons (Fsp3) is 0.611. The van der Waals surface area contributed by atoms with Crippen LogP contribution >= 0.6 is 0 Å². The van der Waals surface area contributed by atoms with Gasteiger partial charge in [0, 0.05) is 48.7 Å². The van der Waals surface area contributed by atoms with Gasteiger partial charge in [-0.2, -0.15) is 10.1 Å². The molecule has 0 amide bonds. The number of hydrogen-bond acceptors (Lipinski definition) is 6. The van der Waals surface area contributed by atoms with E-state index in [2.05, 4.69) is 37.8 Å². The Kier molecular flexibility index (Phi) is 4.33. The van der Waals surface area contributed by atoms with Crippen molar-refractivity contribution in [3.8, 4) is 0 Å². The Bertz CT molecular complexity index is 729. The molecule has 3 N–H and O–H groups in total. The molecule has 0 aromatic carbocycles. The van der Waals surface area contributed by atoms with Crippen LogP contribution in [0, 0.1) is 13.8 Å². The molecule has 7 heteroatoms. The van der Waals surface area contributed by atoms with Crippen molar-refractivity contribution < 1.29 is 0 Å². The van der Waals surface area contributed by atoms with E-state index in [1.807, 2.05) is 26.0 Å². The van der Waals surface area contributed by atoms with Gasteiger partial charge < -0.3 is 15.5 Å². The van der Waals surface area contributed by atoms with Gasteiger partial charge in [-0.05, 0) is 39.5 Å². The molecule has 4 rings (SSSR count). The molecule has 7 nitrogen and oxygen atoms in total. The molecule has 2 aliphatic heterocycles. The number of fused-ring (bicyclic) bond motifs is 2. The normalized spacial score (nSPS) is 25.6. The monoisotopic (exact) mass is 341 g/mol. The van der Waals surface area contributed by atoms with E-state index in [0.29, 0.717) is 18.1 Å². The Hall–Kier alpha value is -2.15. The lowest BCUT2D eigenvalue weighted by Crippen LogP contribution is -2.54. The van der Waals surface area contributed by atoms with Crippen LogP contribution in [0.5, 0.6) is 0 Å². The molecule has 2 saturated heterocycles. The summed E-state index contributed by atoms with van der Waals surface area (Å²) in [6, 6.07) is 5.72. The lowest BCUT2D eigenvalue weighted by Gasteiger charge is -2.43. The average molecular weight is 341 g/mol. The Morgan fingerprint density at radius 2 is 1.84 bits per heavy atom. The third kappa shape index (κ3) is 3.61. The van der Waals surface area contributed by atoms with Gasteiger partial charge in [0.15, 0.2) is 5.82 Å². The highest BCUT2D eigenvalue weighted by Gasteiger charge is 2.33. The maximum atomic E-state index is 4.74. The topological polar surface area (TPSA) is 81.8 Å². The van der Waals surface area contributed by atoms with E-state index in [4.69, 9.17) is 4.98 Å². The van der Waals surface area contributed by atoms with Crippen molar-refractivity contribution in [2.24, 2.45) is 0 Å². The fourth-order valence-electron chi connectivity index (χ4n) is 4.10. The molecular formula is C18H27N7. The number of nitrogens with zero attached hydrogens (tertiary/aromatic N) is 4. The molecule has 0 saturated carbocycles. The maximum Gasteiger partial charge on any atom is 0.227 e. The molecule has 2 atom stereocenters. The first-order valence-corrected chi connectivity index (χ1v) is 9.20.